The topological polar surface area (TPSA) is 93.6 Å². The van der Waals surface area contributed by atoms with Gasteiger partial charge in [0.05, 0.1) is 17.4 Å². The van der Waals surface area contributed by atoms with Crippen molar-refractivity contribution < 1.29 is 23.1 Å². The third kappa shape index (κ3) is 4.46. The van der Waals surface area contributed by atoms with Crippen molar-refractivity contribution in [1.82, 2.24) is 15.3 Å². The number of aliphatic hydroxyl groups is 1. The first-order valence-corrected chi connectivity index (χ1v) is 10.4. The summed E-state index contributed by atoms with van der Waals surface area (Å²) in [5, 5.41) is 15.1. The summed E-state index contributed by atoms with van der Waals surface area (Å²) in [7, 11) is 0. The molecule has 2 aliphatic rings. The first-order valence-electron chi connectivity index (χ1n) is 9.62. The number of anilines is 3. The van der Waals surface area contributed by atoms with Gasteiger partial charge in [0.2, 0.25) is 0 Å². The molecule has 2 aliphatic heterocycles. The van der Waals surface area contributed by atoms with Crippen molar-refractivity contribution in [2.75, 3.05) is 28.2 Å². The molecule has 2 bridgehead atoms. The lowest BCUT2D eigenvalue weighted by Crippen LogP contribution is -2.48. The van der Waals surface area contributed by atoms with E-state index in [9.17, 15) is 23.1 Å². The van der Waals surface area contributed by atoms with Crippen LogP contribution in [0.15, 0.2) is 34.9 Å². The van der Waals surface area contributed by atoms with Crippen LogP contribution in [0.25, 0.3) is 0 Å². The zero-order valence-electron chi connectivity index (χ0n) is 16.4. The van der Waals surface area contributed by atoms with E-state index in [0.717, 1.165) is 24.4 Å². The number of carbonyl (C=O) groups excluding carboxylic acids is 1. The number of hydrogen-bond donors (Lipinski definition) is 3. The van der Waals surface area contributed by atoms with Crippen molar-refractivity contribution in [2.24, 2.45) is 0 Å². The molecule has 3 atom stereocenters. The fraction of sp³-hybridized carbons (Fsp3) is 0.421. The normalized spacial score (nSPS) is 19.7. The van der Waals surface area contributed by atoms with E-state index in [1.54, 1.807) is 24.4 Å². The van der Waals surface area contributed by atoms with Gasteiger partial charge in [-0.25, -0.2) is 14.8 Å². The minimum absolute atomic E-state index is 0.00395. The zero-order chi connectivity index (χ0) is 22.3. The Bertz CT molecular complexity index is 991. The van der Waals surface area contributed by atoms with Gasteiger partial charge in [-0.15, -0.1) is 0 Å². The molecule has 1 saturated heterocycles. The van der Waals surface area contributed by atoms with Crippen LogP contribution in [0.2, 0.25) is 0 Å². The second-order valence-corrected chi connectivity index (χ2v) is 8.37. The number of pyridine rings is 2. The van der Waals surface area contributed by atoms with Gasteiger partial charge >= 0.3 is 12.2 Å². The fourth-order valence-electron chi connectivity index (χ4n) is 3.70. The number of nitrogens with zero attached hydrogens (tertiary/aromatic N) is 4. The highest BCUT2D eigenvalue weighted by Gasteiger charge is 2.41. The Morgan fingerprint density at radius 3 is 2.84 bits per heavy atom. The van der Waals surface area contributed by atoms with Crippen molar-refractivity contribution in [3.63, 3.8) is 0 Å². The first-order chi connectivity index (χ1) is 14.6. The molecule has 0 aliphatic carbocycles. The smallest absolute Gasteiger partial charge is 0.373 e. The number of amides is 2. The van der Waals surface area contributed by atoms with Crippen molar-refractivity contribution in [2.45, 2.75) is 37.8 Å². The molecule has 0 saturated carbocycles. The zero-order valence-corrected chi connectivity index (χ0v) is 18.0. The lowest BCUT2D eigenvalue weighted by atomic mass is 10.1. The lowest BCUT2D eigenvalue weighted by molar-refractivity contribution is -0.159. The molecule has 2 aromatic heterocycles. The number of nitrogens with one attached hydrogen (secondary N) is 2. The van der Waals surface area contributed by atoms with Gasteiger partial charge in [0.15, 0.2) is 5.82 Å². The van der Waals surface area contributed by atoms with Crippen molar-refractivity contribution >= 4 is 39.3 Å². The summed E-state index contributed by atoms with van der Waals surface area (Å²) in [5.74, 6) is 0.637. The lowest BCUT2D eigenvalue weighted by Gasteiger charge is -2.36. The quantitative estimate of drug-likeness (QED) is 0.557. The van der Waals surface area contributed by atoms with Gasteiger partial charge in [0.1, 0.15) is 18.1 Å². The highest BCUT2D eigenvalue weighted by Crippen LogP contribution is 2.39. The minimum atomic E-state index is -4.51. The van der Waals surface area contributed by atoms with Crippen LogP contribution in [-0.2, 0) is 0 Å². The summed E-state index contributed by atoms with van der Waals surface area (Å²) >= 11 is 3.33. The largest absolute Gasteiger partial charge is 0.403 e. The van der Waals surface area contributed by atoms with Crippen LogP contribution in [-0.4, -0.2) is 52.5 Å². The van der Waals surface area contributed by atoms with Gasteiger partial charge in [-0.05, 0) is 37.6 Å². The molecule has 2 unspecified atom stereocenters. The Morgan fingerprint density at radius 2 is 2.13 bits per heavy atom. The highest BCUT2D eigenvalue weighted by atomic mass is 79.9. The molecule has 2 amide bonds. The molecule has 4 heterocycles. The molecule has 1 fully saturated rings. The molecule has 4 rings (SSSR count). The Kier molecular flexibility index (Phi) is 5.79. The number of carbonyl (C=O) groups is 1. The van der Waals surface area contributed by atoms with E-state index in [2.05, 4.69) is 41.4 Å². The number of urea groups is 1. The van der Waals surface area contributed by atoms with Crippen LogP contribution in [0.3, 0.4) is 0 Å². The number of hydrogen-bond acceptors (Lipinski definition) is 6. The molecular formula is C19H20BrF3N6O2. The van der Waals surface area contributed by atoms with Crippen molar-refractivity contribution in [1.29, 1.82) is 0 Å². The standard InChI is InChI=1S/C19H20BrF3N6O2/c1-10(19(21,22)23)25-17(30)13-2-3-14-16(26-13)29(12-5-7-28(14)9-12)18(31)27-15-8-11(20)4-6-24-15/h2-4,6,8,10,12,17,25,30H,5,7,9H2,1H3,(H,24,27,31)/t10-,12?,17?/m1/s1. The van der Waals surface area contributed by atoms with Crippen LogP contribution in [0.1, 0.15) is 25.3 Å². The molecule has 2 aromatic rings. The second-order valence-electron chi connectivity index (χ2n) is 7.46. The summed E-state index contributed by atoms with van der Waals surface area (Å²) in [6, 6.07) is 3.98. The molecule has 0 spiro atoms. The monoisotopic (exact) mass is 500 g/mol. The van der Waals surface area contributed by atoms with Crippen LogP contribution in [0, 0.1) is 0 Å². The molecule has 8 nitrogen and oxygen atoms in total. The fourth-order valence-corrected chi connectivity index (χ4v) is 4.03. The Hall–Kier alpha value is -2.44. The Balaban J connectivity index is 1.62. The van der Waals surface area contributed by atoms with Gasteiger partial charge in [-0.1, -0.05) is 15.9 Å². The van der Waals surface area contributed by atoms with Gasteiger partial charge in [-0.3, -0.25) is 15.5 Å². The Morgan fingerprint density at radius 1 is 1.35 bits per heavy atom. The van der Waals surface area contributed by atoms with Gasteiger partial charge in [0, 0.05) is 23.8 Å². The molecule has 0 radical (unpaired) electrons. The average molecular weight is 501 g/mol. The highest BCUT2D eigenvalue weighted by molar-refractivity contribution is 9.10. The third-order valence-corrected chi connectivity index (χ3v) is 5.82. The van der Waals surface area contributed by atoms with Gasteiger partial charge in [-0.2, -0.15) is 13.2 Å². The van der Waals surface area contributed by atoms with E-state index in [1.165, 1.54) is 11.0 Å². The van der Waals surface area contributed by atoms with Crippen LogP contribution >= 0.6 is 15.9 Å². The third-order valence-electron chi connectivity index (χ3n) is 5.33. The van der Waals surface area contributed by atoms with Gasteiger partial charge < -0.3 is 10.0 Å². The number of halogens is 4. The summed E-state index contributed by atoms with van der Waals surface area (Å²) < 4.78 is 39.3. The summed E-state index contributed by atoms with van der Waals surface area (Å²) in [4.78, 5) is 25.1. The SMILES string of the molecule is C[C@@H](NC(O)c1ccc2c(n1)N(C(=O)Nc1cc(Br)ccn1)C1CCN2C1)C(F)(F)F. The number of aromatic nitrogens is 2. The molecule has 12 heteroatoms. The summed E-state index contributed by atoms with van der Waals surface area (Å²) in [6.45, 7) is 2.26. The minimum Gasteiger partial charge on any atom is -0.373 e. The summed E-state index contributed by atoms with van der Waals surface area (Å²) in [6.07, 6.45) is -3.89. The number of aliphatic hydroxyl groups excluding tert-OH is 1. The van der Waals surface area contributed by atoms with E-state index in [4.69, 9.17) is 0 Å². The van der Waals surface area contributed by atoms with E-state index >= 15 is 0 Å². The first kappa shape index (κ1) is 21.8. The molecular weight excluding hydrogens is 481 g/mol. The Labute approximate surface area is 184 Å². The number of alkyl halides is 3. The van der Waals surface area contributed by atoms with Gasteiger partial charge in [0.25, 0.3) is 0 Å². The van der Waals surface area contributed by atoms with Crippen molar-refractivity contribution in [3.8, 4) is 0 Å². The maximum atomic E-state index is 13.1. The second kappa shape index (κ2) is 8.24. The van der Waals surface area contributed by atoms with E-state index < -0.39 is 24.5 Å². The molecule has 0 aromatic carbocycles. The van der Waals surface area contributed by atoms with Crippen LogP contribution in [0.5, 0.6) is 0 Å². The average Bonchev–Trinajstić information content (AvgIpc) is 3.11. The predicted octanol–water partition coefficient (Wildman–Crippen LogP) is 3.40. The van der Waals surface area contributed by atoms with Crippen LogP contribution < -0.4 is 20.4 Å². The molecule has 3 N–H and O–H groups in total. The maximum absolute atomic E-state index is 13.1. The molecule has 166 valence electrons. The van der Waals surface area contributed by atoms with E-state index in [1.807, 2.05) is 0 Å². The van der Waals surface area contributed by atoms with Crippen LogP contribution in [0.4, 0.5) is 35.3 Å². The number of rotatable bonds is 4. The summed E-state index contributed by atoms with van der Waals surface area (Å²) in [5.41, 5.74) is 0.682. The number of fused-ring (bicyclic) bond motifs is 4. The maximum Gasteiger partial charge on any atom is 0.403 e. The predicted molar refractivity (Wildman–Crippen MR) is 112 cm³/mol. The molecule has 31 heavy (non-hydrogen) atoms. The van der Waals surface area contributed by atoms with E-state index in [0.29, 0.717) is 23.9 Å². The van der Waals surface area contributed by atoms with E-state index in [-0.39, 0.29) is 11.7 Å². The van der Waals surface area contributed by atoms with Crippen molar-refractivity contribution in [3.05, 3.63) is 40.6 Å².